The smallest absolute Gasteiger partial charge is 0.313 e. The molecule has 0 bridgehead atoms. The molecule has 3 rings (SSSR count). The highest BCUT2D eigenvalue weighted by molar-refractivity contribution is 6.40. The largest absolute Gasteiger partial charge is 0.467 e. The third kappa shape index (κ3) is 3.94. The second-order valence-electron chi connectivity index (χ2n) is 5.59. The molecular formula is C18H17ClN4O3. The maximum Gasteiger partial charge on any atom is 0.313 e. The summed E-state index contributed by atoms with van der Waals surface area (Å²) in [5.74, 6) is -0.901. The molecule has 26 heavy (non-hydrogen) atoms. The van der Waals surface area contributed by atoms with Crippen molar-refractivity contribution >= 4 is 29.1 Å². The summed E-state index contributed by atoms with van der Waals surface area (Å²) in [5.41, 5.74) is 1.19. The Balaban J connectivity index is 1.65. The summed E-state index contributed by atoms with van der Waals surface area (Å²) in [4.78, 5) is 24.3. The minimum absolute atomic E-state index is 0.149. The standard InChI is InChI=1S/C18H17ClN4O3/c1-12-13(19)5-2-6-14(12)22-18(25)17(24)20-11-15(16-7-3-10-26-16)23-9-4-8-21-23/h2-10,15H,11H2,1H3,(H,20,24)(H,22,25). The lowest BCUT2D eigenvalue weighted by atomic mass is 10.2. The summed E-state index contributed by atoms with van der Waals surface area (Å²) in [5, 5.41) is 9.86. The zero-order valence-corrected chi connectivity index (χ0v) is 14.7. The van der Waals surface area contributed by atoms with E-state index in [1.807, 2.05) is 0 Å². The van der Waals surface area contributed by atoms with Gasteiger partial charge in [-0.15, -0.1) is 0 Å². The van der Waals surface area contributed by atoms with E-state index in [-0.39, 0.29) is 12.6 Å². The van der Waals surface area contributed by atoms with Crippen LogP contribution in [-0.4, -0.2) is 28.1 Å². The van der Waals surface area contributed by atoms with Crippen LogP contribution >= 0.6 is 11.6 Å². The molecule has 0 fully saturated rings. The number of nitrogens with zero attached hydrogens (tertiary/aromatic N) is 2. The summed E-state index contributed by atoms with van der Waals surface area (Å²) in [6.45, 7) is 1.91. The predicted molar refractivity (Wildman–Crippen MR) is 96.9 cm³/mol. The number of halogens is 1. The Kier molecular flexibility index (Phi) is 5.38. The molecule has 1 atom stereocenters. The molecule has 0 spiro atoms. The second-order valence-corrected chi connectivity index (χ2v) is 6.00. The Hall–Kier alpha value is -3.06. The summed E-state index contributed by atoms with van der Waals surface area (Å²) in [6, 6.07) is 10.0. The Labute approximate surface area is 154 Å². The zero-order valence-electron chi connectivity index (χ0n) is 14.0. The molecule has 2 amide bonds. The van der Waals surface area contributed by atoms with E-state index in [2.05, 4.69) is 15.7 Å². The molecule has 7 nitrogen and oxygen atoms in total. The van der Waals surface area contributed by atoms with Gasteiger partial charge in [0.15, 0.2) is 0 Å². The van der Waals surface area contributed by atoms with Gasteiger partial charge in [-0.05, 0) is 42.8 Å². The SMILES string of the molecule is Cc1c(Cl)cccc1NC(=O)C(=O)NCC(c1ccco1)n1cccn1. The maximum atomic E-state index is 12.2. The highest BCUT2D eigenvalue weighted by atomic mass is 35.5. The van der Waals surface area contributed by atoms with Crippen molar-refractivity contribution in [3.63, 3.8) is 0 Å². The second kappa shape index (κ2) is 7.88. The quantitative estimate of drug-likeness (QED) is 0.674. The van der Waals surface area contributed by atoms with Crippen molar-refractivity contribution in [3.05, 3.63) is 71.4 Å². The van der Waals surface area contributed by atoms with Gasteiger partial charge in [0, 0.05) is 29.6 Å². The molecule has 0 aliphatic rings. The fourth-order valence-corrected chi connectivity index (χ4v) is 2.64. The lowest BCUT2D eigenvalue weighted by Gasteiger charge is -2.16. The summed E-state index contributed by atoms with van der Waals surface area (Å²) < 4.78 is 7.06. The van der Waals surface area contributed by atoms with E-state index in [4.69, 9.17) is 16.0 Å². The maximum absolute atomic E-state index is 12.2. The monoisotopic (exact) mass is 372 g/mol. The first kappa shape index (κ1) is 17.8. The Morgan fingerprint density at radius 2 is 2.08 bits per heavy atom. The van der Waals surface area contributed by atoms with Gasteiger partial charge in [-0.1, -0.05) is 17.7 Å². The van der Waals surface area contributed by atoms with Crippen molar-refractivity contribution in [2.24, 2.45) is 0 Å². The molecule has 1 aromatic carbocycles. The van der Waals surface area contributed by atoms with Crippen molar-refractivity contribution in [2.75, 3.05) is 11.9 Å². The van der Waals surface area contributed by atoms with Crippen LogP contribution in [0.3, 0.4) is 0 Å². The molecule has 2 heterocycles. The van der Waals surface area contributed by atoms with Crippen LogP contribution in [0.4, 0.5) is 5.69 Å². The van der Waals surface area contributed by atoms with Crippen molar-refractivity contribution in [3.8, 4) is 0 Å². The summed E-state index contributed by atoms with van der Waals surface area (Å²) in [6.07, 6.45) is 4.93. The number of carbonyl (C=O) groups is 2. The van der Waals surface area contributed by atoms with Gasteiger partial charge in [-0.2, -0.15) is 5.10 Å². The molecule has 0 saturated carbocycles. The molecule has 8 heteroatoms. The van der Waals surface area contributed by atoms with Crippen LogP contribution in [0.25, 0.3) is 0 Å². The van der Waals surface area contributed by atoms with Gasteiger partial charge in [0.25, 0.3) is 0 Å². The lowest BCUT2D eigenvalue weighted by Crippen LogP contribution is -2.39. The van der Waals surface area contributed by atoms with E-state index in [1.165, 1.54) is 0 Å². The predicted octanol–water partition coefficient (Wildman–Crippen LogP) is 2.78. The van der Waals surface area contributed by atoms with Gasteiger partial charge in [0.2, 0.25) is 0 Å². The molecular weight excluding hydrogens is 356 g/mol. The van der Waals surface area contributed by atoms with Gasteiger partial charge in [0.05, 0.1) is 6.26 Å². The number of amides is 2. The molecule has 2 N–H and O–H groups in total. The number of rotatable bonds is 5. The fraction of sp³-hybridized carbons (Fsp3) is 0.167. The van der Waals surface area contributed by atoms with E-state index in [9.17, 15) is 9.59 Å². The zero-order chi connectivity index (χ0) is 18.5. The lowest BCUT2D eigenvalue weighted by molar-refractivity contribution is -0.136. The van der Waals surface area contributed by atoms with Crippen LogP contribution in [0.1, 0.15) is 17.4 Å². The number of benzene rings is 1. The van der Waals surface area contributed by atoms with Gasteiger partial charge < -0.3 is 15.1 Å². The van der Waals surface area contributed by atoms with Gasteiger partial charge in [-0.3, -0.25) is 14.3 Å². The van der Waals surface area contributed by atoms with E-state index >= 15 is 0 Å². The molecule has 0 aliphatic heterocycles. The molecule has 0 aliphatic carbocycles. The van der Waals surface area contributed by atoms with Crippen LogP contribution < -0.4 is 10.6 Å². The first-order valence-corrected chi connectivity index (χ1v) is 8.31. The van der Waals surface area contributed by atoms with E-state index in [1.54, 1.807) is 66.7 Å². The highest BCUT2D eigenvalue weighted by Gasteiger charge is 2.21. The number of anilines is 1. The molecule has 3 aromatic rings. The number of hydrogen-bond donors (Lipinski definition) is 2. The summed E-state index contributed by atoms with van der Waals surface area (Å²) >= 11 is 6.02. The minimum Gasteiger partial charge on any atom is -0.467 e. The number of nitrogens with one attached hydrogen (secondary N) is 2. The molecule has 0 radical (unpaired) electrons. The van der Waals surface area contributed by atoms with Gasteiger partial charge in [0.1, 0.15) is 11.8 Å². The fourth-order valence-electron chi connectivity index (χ4n) is 2.46. The first-order chi connectivity index (χ1) is 12.6. The number of hydrogen-bond acceptors (Lipinski definition) is 4. The average molecular weight is 373 g/mol. The molecule has 1 unspecified atom stereocenters. The van der Waals surface area contributed by atoms with Crippen molar-refractivity contribution in [1.82, 2.24) is 15.1 Å². The van der Waals surface area contributed by atoms with Crippen molar-refractivity contribution in [2.45, 2.75) is 13.0 Å². The van der Waals surface area contributed by atoms with Crippen LogP contribution in [-0.2, 0) is 9.59 Å². The van der Waals surface area contributed by atoms with Crippen molar-refractivity contribution in [1.29, 1.82) is 0 Å². The molecule has 2 aromatic heterocycles. The summed E-state index contributed by atoms with van der Waals surface area (Å²) in [7, 11) is 0. The van der Waals surface area contributed by atoms with Crippen molar-refractivity contribution < 1.29 is 14.0 Å². The number of furan rings is 1. The third-order valence-corrected chi connectivity index (χ3v) is 4.30. The van der Waals surface area contributed by atoms with Gasteiger partial charge in [-0.25, -0.2) is 0 Å². The van der Waals surface area contributed by atoms with Crippen LogP contribution in [0, 0.1) is 6.92 Å². The first-order valence-electron chi connectivity index (χ1n) is 7.93. The highest BCUT2D eigenvalue weighted by Crippen LogP contribution is 2.23. The third-order valence-electron chi connectivity index (χ3n) is 3.89. The average Bonchev–Trinajstić information content (AvgIpc) is 3.33. The van der Waals surface area contributed by atoms with E-state index < -0.39 is 11.8 Å². The number of aromatic nitrogens is 2. The Bertz CT molecular complexity index is 857. The minimum atomic E-state index is -0.769. The van der Waals surface area contributed by atoms with Gasteiger partial charge >= 0.3 is 11.8 Å². The van der Waals surface area contributed by atoms with Crippen LogP contribution in [0.2, 0.25) is 5.02 Å². The van der Waals surface area contributed by atoms with Crippen LogP contribution in [0.5, 0.6) is 0 Å². The molecule has 0 saturated heterocycles. The number of carbonyl (C=O) groups excluding carboxylic acids is 2. The van der Waals surface area contributed by atoms with E-state index in [0.717, 1.165) is 0 Å². The topological polar surface area (TPSA) is 89.2 Å². The Morgan fingerprint density at radius 3 is 2.77 bits per heavy atom. The van der Waals surface area contributed by atoms with E-state index in [0.29, 0.717) is 22.0 Å². The van der Waals surface area contributed by atoms with Crippen LogP contribution in [0.15, 0.2) is 59.5 Å². The normalized spacial score (nSPS) is 11.8. The molecule has 134 valence electrons. The Morgan fingerprint density at radius 1 is 1.23 bits per heavy atom.